The third-order valence-electron chi connectivity index (χ3n) is 1.82. The molecule has 0 spiro atoms. The molecule has 0 aliphatic carbocycles. The SMILES string of the molecule is O=C(O)/C=C\C(=O)NC(=O)OCc1ccccc1. The molecule has 94 valence electrons. The highest BCUT2D eigenvalue weighted by Gasteiger charge is 2.06. The van der Waals surface area contributed by atoms with E-state index in [1.807, 2.05) is 11.4 Å². The summed E-state index contributed by atoms with van der Waals surface area (Å²) in [5, 5.41) is 10.1. The summed E-state index contributed by atoms with van der Waals surface area (Å²) in [5.74, 6) is -2.13. The third-order valence-corrected chi connectivity index (χ3v) is 1.82. The lowest BCUT2D eigenvalue weighted by Crippen LogP contribution is -2.29. The van der Waals surface area contributed by atoms with Gasteiger partial charge in [-0.2, -0.15) is 0 Å². The molecule has 0 aliphatic rings. The van der Waals surface area contributed by atoms with Gasteiger partial charge in [0.25, 0.3) is 5.91 Å². The standard InChI is InChI=1S/C12H11NO5/c14-10(6-7-11(15)16)13-12(17)18-8-9-4-2-1-3-5-9/h1-7H,8H2,(H,15,16)(H,13,14,17)/b7-6-. The summed E-state index contributed by atoms with van der Waals surface area (Å²) < 4.78 is 4.75. The highest BCUT2D eigenvalue weighted by Crippen LogP contribution is 2.00. The molecule has 0 fully saturated rings. The monoisotopic (exact) mass is 249 g/mol. The number of nitrogens with one attached hydrogen (secondary N) is 1. The lowest BCUT2D eigenvalue weighted by atomic mass is 10.2. The van der Waals surface area contributed by atoms with Gasteiger partial charge < -0.3 is 9.84 Å². The van der Waals surface area contributed by atoms with Gasteiger partial charge in [0, 0.05) is 12.2 Å². The molecule has 0 radical (unpaired) electrons. The first-order valence-corrected chi connectivity index (χ1v) is 5.00. The van der Waals surface area contributed by atoms with Gasteiger partial charge in [-0.1, -0.05) is 30.3 Å². The number of hydrogen-bond donors (Lipinski definition) is 2. The molecule has 1 aromatic rings. The number of carbonyl (C=O) groups excluding carboxylic acids is 2. The predicted molar refractivity (Wildman–Crippen MR) is 61.5 cm³/mol. The second-order valence-electron chi connectivity index (χ2n) is 3.22. The average Bonchev–Trinajstić information content (AvgIpc) is 2.35. The first kappa shape index (κ1) is 13.4. The van der Waals surface area contributed by atoms with Crippen molar-refractivity contribution in [3.05, 3.63) is 48.0 Å². The van der Waals surface area contributed by atoms with Crippen molar-refractivity contribution < 1.29 is 24.2 Å². The molecule has 2 N–H and O–H groups in total. The molecule has 0 aromatic heterocycles. The van der Waals surface area contributed by atoms with E-state index in [9.17, 15) is 14.4 Å². The number of ether oxygens (including phenoxy) is 1. The van der Waals surface area contributed by atoms with Crippen LogP contribution in [0.5, 0.6) is 0 Å². The van der Waals surface area contributed by atoms with Crippen LogP contribution in [0.25, 0.3) is 0 Å². The summed E-state index contributed by atoms with van der Waals surface area (Å²) in [6.45, 7) is 0.0304. The van der Waals surface area contributed by atoms with E-state index >= 15 is 0 Å². The Hall–Kier alpha value is -2.63. The fourth-order valence-corrected chi connectivity index (χ4v) is 1.05. The summed E-state index contributed by atoms with van der Waals surface area (Å²) >= 11 is 0. The summed E-state index contributed by atoms with van der Waals surface area (Å²) in [6.07, 6.45) is 0.422. The van der Waals surface area contributed by atoms with E-state index in [1.165, 1.54) is 0 Å². The minimum Gasteiger partial charge on any atom is -0.478 e. The van der Waals surface area contributed by atoms with E-state index in [0.717, 1.165) is 11.6 Å². The molecule has 0 unspecified atom stereocenters. The highest BCUT2D eigenvalue weighted by molar-refractivity contribution is 6.01. The van der Waals surface area contributed by atoms with Crippen molar-refractivity contribution in [2.75, 3.05) is 0 Å². The molecule has 0 bridgehead atoms. The normalized spacial score (nSPS) is 10.0. The molecule has 0 saturated carbocycles. The van der Waals surface area contributed by atoms with Gasteiger partial charge in [-0.3, -0.25) is 10.1 Å². The van der Waals surface area contributed by atoms with Gasteiger partial charge >= 0.3 is 12.1 Å². The smallest absolute Gasteiger partial charge is 0.414 e. The van der Waals surface area contributed by atoms with E-state index in [4.69, 9.17) is 9.84 Å². The molecule has 6 nitrogen and oxygen atoms in total. The molecule has 0 saturated heterocycles. The van der Waals surface area contributed by atoms with Crippen LogP contribution in [0.3, 0.4) is 0 Å². The van der Waals surface area contributed by atoms with Crippen LogP contribution in [0.15, 0.2) is 42.5 Å². The van der Waals surface area contributed by atoms with Gasteiger partial charge in [0.2, 0.25) is 0 Å². The summed E-state index contributed by atoms with van der Waals surface area (Å²) in [6, 6.07) is 8.93. The molecule has 0 heterocycles. The Morgan fingerprint density at radius 3 is 2.44 bits per heavy atom. The number of benzene rings is 1. The molecule has 1 aromatic carbocycles. The zero-order chi connectivity index (χ0) is 13.4. The highest BCUT2D eigenvalue weighted by atomic mass is 16.5. The van der Waals surface area contributed by atoms with Crippen LogP contribution < -0.4 is 5.32 Å². The van der Waals surface area contributed by atoms with Crippen molar-refractivity contribution in [3.63, 3.8) is 0 Å². The number of aliphatic carboxylic acids is 1. The number of imide groups is 1. The van der Waals surface area contributed by atoms with E-state index in [2.05, 4.69) is 0 Å². The van der Waals surface area contributed by atoms with Gasteiger partial charge in [0.1, 0.15) is 6.61 Å². The topological polar surface area (TPSA) is 92.7 Å². The van der Waals surface area contributed by atoms with Crippen molar-refractivity contribution in [1.29, 1.82) is 0 Å². The summed E-state index contributed by atoms with van der Waals surface area (Å²) in [4.78, 5) is 32.3. The fourth-order valence-electron chi connectivity index (χ4n) is 1.05. The Morgan fingerprint density at radius 2 is 1.83 bits per heavy atom. The quantitative estimate of drug-likeness (QED) is 0.779. The molecular formula is C12H11NO5. The Bertz CT molecular complexity index is 467. The number of hydrogen-bond acceptors (Lipinski definition) is 4. The molecule has 2 amide bonds. The second kappa shape index (κ2) is 6.85. The van der Waals surface area contributed by atoms with Crippen molar-refractivity contribution in [1.82, 2.24) is 5.32 Å². The maximum atomic E-state index is 11.1. The number of carboxylic acids is 1. The second-order valence-corrected chi connectivity index (χ2v) is 3.22. The number of rotatable bonds is 4. The molecule has 0 aliphatic heterocycles. The lowest BCUT2D eigenvalue weighted by Gasteiger charge is -2.04. The number of alkyl carbamates (subject to hydrolysis) is 1. The van der Waals surface area contributed by atoms with Crippen molar-refractivity contribution in [2.45, 2.75) is 6.61 Å². The Labute approximate surface area is 103 Å². The Kier molecular flexibility index (Phi) is 5.11. The van der Waals surface area contributed by atoms with Crippen LogP contribution >= 0.6 is 0 Å². The van der Waals surface area contributed by atoms with Gasteiger partial charge in [0.15, 0.2) is 0 Å². The maximum absolute atomic E-state index is 11.1. The van der Waals surface area contributed by atoms with Crippen molar-refractivity contribution in [3.8, 4) is 0 Å². The van der Waals surface area contributed by atoms with Crippen molar-refractivity contribution >= 4 is 18.0 Å². The molecular weight excluding hydrogens is 238 g/mol. The van der Waals surface area contributed by atoms with Crippen LogP contribution in [0.4, 0.5) is 4.79 Å². The number of carboxylic acid groups (broad SMARTS) is 1. The molecule has 6 heteroatoms. The van der Waals surface area contributed by atoms with E-state index in [-0.39, 0.29) is 6.61 Å². The number of carbonyl (C=O) groups is 3. The van der Waals surface area contributed by atoms with Crippen LogP contribution in [0, 0.1) is 0 Å². The van der Waals surface area contributed by atoms with Crippen LogP contribution in [-0.4, -0.2) is 23.1 Å². The van der Waals surface area contributed by atoms with Crippen LogP contribution in [0.1, 0.15) is 5.56 Å². The number of amides is 2. The summed E-state index contributed by atoms with van der Waals surface area (Å²) in [5.41, 5.74) is 0.779. The first-order chi connectivity index (χ1) is 8.58. The van der Waals surface area contributed by atoms with Crippen molar-refractivity contribution in [2.24, 2.45) is 0 Å². The molecule has 1 rings (SSSR count). The van der Waals surface area contributed by atoms with E-state index in [0.29, 0.717) is 6.08 Å². The zero-order valence-electron chi connectivity index (χ0n) is 9.33. The van der Waals surface area contributed by atoms with Crippen LogP contribution in [-0.2, 0) is 20.9 Å². The van der Waals surface area contributed by atoms with Gasteiger partial charge in [-0.05, 0) is 5.56 Å². The van der Waals surface area contributed by atoms with Gasteiger partial charge in [-0.25, -0.2) is 9.59 Å². The summed E-state index contributed by atoms with van der Waals surface area (Å²) in [7, 11) is 0. The van der Waals surface area contributed by atoms with E-state index in [1.54, 1.807) is 24.3 Å². The Morgan fingerprint density at radius 1 is 1.17 bits per heavy atom. The largest absolute Gasteiger partial charge is 0.478 e. The molecule has 18 heavy (non-hydrogen) atoms. The van der Waals surface area contributed by atoms with Crippen LogP contribution in [0.2, 0.25) is 0 Å². The predicted octanol–water partition coefficient (Wildman–Crippen LogP) is 1.08. The minimum atomic E-state index is -1.28. The lowest BCUT2D eigenvalue weighted by molar-refractivity contribution is -0.131. The Balaban J connectivity index is 2.34. The molecule has 0 atom stereocenters. The zero-order valence-corrected chi connectivity index (χ0v) is 9.33. The minimum absolute atomic E-state index is 0.0304. The van der Waals surface area contributed by atoms with Gasteiger partial charge in [-0.15, -0.1) is 0 Å². The third kappa shape index (κ3) is 5.45. The fraction of sp³-hybridized carbons (Fsp3) is 0.0833. The first-order valence-electron chi connectivity index (χ1n) is 5.00. The van der Waals surface area contributed by atoms with E-state index < -0.39 is 18.0 Å². The average molecular weight is 249 g/mol. The van der Waals surface area contributed by atoms with Gasteiger partial charge in [0.05, 0.1) is 0 Å². The maximum Gasteiger partial charge on any atom is 0.414 e.